The van der Waals surface area contributed by atoms with Crippen molar-refractivity contribution in [2.45, 2.75) is 26.9 Å². The molecule has 0 atom stereocenters. The Labute approximate surface area is 122 Å². The van der Waals surface area contributed by atoms with Gasteiger partial charge in [0.25, 0.3) is 5.91 Å². The van der Waals surface area contributed by atoms with Crippen molar-refractivity contribution in [1.82, 2.24) is 5.16 Å². The molecule has 0 radical (unpaired) electrons. The predicted molar refractivity (Wildman–Crippen MR) is 76.2 cm³/mol. The van der Waals surface area contributed by atoms with Gasteiger partial charge in [0.15, 0.2) is 0 Å². The van der Waals surface area contributed by atoms with Crippen molar-refractivity contribution in [2.75, 3.05) is 5.32 Å². The number of aryl methyl sites for hydroxylation is 1. The molecule has 1 aromatic carbocycles. The van der Waals surface area contributed by atoms with Crippen LogP contribution in [0.25, 0.3) is 0 Å². The zero-order valence-electron chi connectivity index (χ0n) is 12.0. The van der Waals surface area contributed by atoms with Crippen LogP contribution < -0.4 is 5.32 Å². The molecule has 1 amide bonds. The number of nitrogens with one attached hydrogen (secondary N) is 1. The molecule has 0 bridgehead atoms. The third-order valence-electron chi connectivity index (χ3n) is 2.57. The molecular formula is C15H16N2O4. The Hall–Kier alpha value is -2.63. The molecule has 6 heteroatoms. The topological polar surface area (TPSA) is 81.4 Å². The SMILES string of the molecule is Cc1cc(C(=O)Nc2ccc(C(=O)OC(C)C)cc2)on1. The highest BCUT2D eigenvalue weighted by Crippen LogP contribution is 2.13. The van der Waals surface area contributed by atoms with Gasteiger partial charge in [-0.1, -0.05) is 5.16 Å². The fraction of sp³-hybridized carbons (Fsp3) is 0.267. The summed E-state index contributed by atoms with van der Waals surface area (Å²) in [6.07, 6.45) is -0.174. The zero-order valence-corrected chi connectivity index (χ0v) is 12.0. The number of anilines is 1. The molecular weight excluding hydrogens is 272 g/mol. The first-order valence-electron chi connectivity index (χ1n) is 6.51. The minimum atomic E-state index is -0.395. The van der Waals surface area contributed by atoms with Gasteiger partial charge in [0.05, 0.1) is 17.4 Å². The van der Waals surface area contributed by atoms with Gasteiger partial charge in [-0.15, -0.1) is 0 Å². The van der Waals surface area contributed by atoms with Gasteiger partial charge in [-0.2, -0.15) is 0 Å². The lowest BCUT2D eigenvalue weighted by molar-refractivity contribution is 0.0378. The van der Waals surface area contributed by atoms with E-state index in [4.69, 9.17) is 9.26 Å². The summed E-state index contributed by atoms with van der Waals surface area (Å²) < 4.78 is 9.95. The Morgan fingerprint density at radius 1 is 1.24 bits per heavy atom. The summed E-state index contributed by atoms with van der Waals surface area (Å²) >= 11 is 0. The molecule has 0 aliphatic carbocycles. The predicted octanol–water partition coefficient (Wildman–Crippen LogP) is 2.80. The molecule has 0 fully saturated rings. The number of esters is 1. The molecule has 2 aromatic rings. The summed E-state index contributed by atoms with van der Waals surface area (Å²) in [4.78, 5) is 23.5. The van der Waals surface area contributed by atoms with Crippen LogP contribution in [0.2, 0.25) is 0 Å². The minimum absolute atomic E-state index is 0.135. The van der Waals surface area contributed by atoms with Gasteiger partial charge in [-0.3, -0.25) is 4.79 Å². The quantitative estimate of drug-likeness (QED) is 0.875. The van der Waals surface area contributed by atoms with Crippen molar-refractivity contribution in [3.63, 3.8) is 0 Å². The maximum Gasteiger partial charge on any atom is 0.338 e. The first kappa shape index (κ1) is 14.8. The summed E-state index contributed by atoms with van der Waals surface area (Å²) in [5.41, 5.74) is 1.61. The number of hydrogen-bond acceptors (Lipinski definition) is 5. The van der Waals surface area contributed by atoms with E-state index in [2.05, 4.69) is 10.5 Å². The van der Waals surface area contributed by atoms with Crippen molar-refractivity contribution in [2.24, 2.45) is 0 Å². The zero-order chi connectivity index (χ0) is 15.4. The minimum Gasteiger partial charge on any atom is -0.459 e. The van der Waals surface area contributed by atoms with Crippen LogP contribution in [0.3, 0.4) is 0 Å². The van der Waals surface area contributed by atoms with Gasteiger partial charge in [0.2, 0.25) is 5.76 Å². The second-order valence-corrected chi connectivity index (χ2v) is 4.82. The van der Waals surface area contributed by atoms with E-state index in [-0.39, 0.29) is 11.9 Å². The van der Waals surface area contributed by atoms with Gasteiger partial charge in [-0.05, 0) is 45.0 Å². The van der Waals surface area contributed by atoms with Crippen molar-refractivity contribution in [1.29, 1.82) is 0 Å². The lowest BCUT2D eigenvalue weighted by Gasteiger charge is -2.08. The van der Waals surface area contributed by atoms with E-state index >= 15 is 0 Å². The Balaban J connectivity index is 2.02. The Bertz CT molecular complexity index is 644. The maximum absolute atomic E-state index is 11.9. The van der Waals surface area contributed by atoms with Crippen molar-refractivity contribution >= 4 is 17.6 Å². The second-order valence-electron chi connectivity index (χ2n) is 4.82. The van der Waals surface area contributed by atoms with Crippen LogP contribution in [0, 0.1) is 6.92 Å². The number of carbonyl (C=O) groups excluding carboxylic acids is 2. The number of ether oxygens (including phenoxy) is 1. The monoisotopic (exact) mass is 288 g/mol. The van der Waals surface area contributed by atoms with E-state index in [0.29, 0.717) is 16.9 Å². The summed E-state index contributed by atoms with van der Waals surface area (Å²) in [5.74, 6) is -0.655. The summed E-state index contributed by atoms with van der Waals surface area (Å²) in [6, 6.07) is 7.97. The first-order valence-corrected chi connectivity index (χ1v) is 6.51. The first-order chi connectivity index (χ1) is 9.95. The van der Waals surface area contributed by atoms with Crippen LogP contribution in [0.15, 0.2) is 34.9 Å². The van der Waals surface area contributed by atoms with E-state index in [1.54, 1.807) is 51.1 Å². The lowest BCUT2D eigenvalue weighted by Crippen LogP contribution is -2.13. The smallest absolute Gasteiger partial charge is 0.338 e. The Morgan fingerprint density at radius 2 is 1.90 bits per heavy atom. The summed E-state index contributed by atoms with van der Waals surface area (Å²) in [7, 11) is 0. The molecule has 110 valence electrons. The standard InChI is InChI=1S/C15H16N2O4/c1-9(2)20-15(19)11-4-6-12(7-5-11)16-14(18)13-8-10(3)17-21-13/h4-9H,1-3H3,(H,16,18). The number of aromatic nitrogens is 1. The highest BCUT2D eigenvalue weighted by Gasteiger charge is 2.13. The van der Waals surface area contributed by atoms with Crippen LogP contribution >= 0.6 is 0 Å². The third kappa shape index (κ3) is 3.92. The molecule has 1 N–H and O–H groups in total. The third-order valence-corrected chi connectivity index (χ3v) is 2.57. The number of carbonyl (C=O) groups is 2. The number of nitrogens with zero attached hydrogens (tertiary/aromatic N) is 1. The molecule has 2 rings (SSSR count). The van der Waals surface area contributed by atoms with E-state index in [9.17, 15) is 9.59 Å². The number of benzene rings is 1. The molecule has 0 saturated heterocycles. The van der Waals surface area contributed by atoms with Crippen LogP contribution in [-0.2, 0) is 4.74 Å². The van der Waals surface area contributed by atoms with E-state index in [0.717, 1.165) is 0 Å². The maximum atomic E-state index is 11.9. The van der Waals surface area contributed by atoms with E-state index in [1.807, 2.05) is 0 Å². The number of rotatable bonds is 4. The average molecular weight is 288 g/mol. The van der Waals surface area contributed by atoms with Gasteiger partial charge >= 0.3 is 5.97 Å². The molecule has 0 aliphatic rings. The fourth-order valence-corrected chi connectivity index (χ4v) is 1.64. The number of hydrogen-bond donors (Lipinski definition) is 1. The Morgan fingerprint density at radius 3 is 2.43 bits per heavy atom. The lowest BCUT2D eigenvalue weighted by atomic mass is 10.2. The number of amides is 1. The molecule has 0 aliphatic heterocycles. The Kier molecular flexibility index (Phi) is 4.37. The van der Waals surface area contributed by atoms with Crippen molar-refractivity contribution in [3.05, 3.63) is 47.3 Å². The van der Waals surface area contributed by atoms with Gasteiger partial charge in [0, 0.05) is 11.8 Å². The van der Waals surface area contributed by atoms with Crippen LogP contribution in [0.4, 0.5) is 5.69 Å². The molecule has 0 spiro atoms. The van der Waals surface area contributed by atoms with Crippen molar-refractivity contribution in [3.8, 4) is 0 Å². The molecule has 21 heavy (non-hydrogen) atoms. The fourth-order valence-electron chi connectivity index (χ4n) is 1.64. The van der Waals surface area contributed by atoms with E-state index < -0.39 is 11.9 Å². The van der Waals surface area contributed by atoms with Crippen LogP contribution in [0.1, 0.15) is 40.5 Å². The second kappa shape index (κ2) is 6.21. The summed E-state index contributed by atoms with van der Waals surface area (Å²) in [5, 5.41) is 6.30. The molecule has 1 aromatic heterocycles. The summed E-state index contributed by atoms with van der Waals surface area (Å²) in [6.45, 7) is 5.30. The largest absolute Gasteiger partial charge is 0.459 e. The molecule has 6 nitrogen and oxygen atoms in total. The van der Waals surface area contributed by atoms with E-state index in [1.165, 1.54) is 0 Å². The van der Waals surface area contributed by atoms with Crippen molar-refractivity contribution < 1.29 is 18.8 Å². The van der Waals surface area contributed by atoms with Gasteiger partial charge in [0.1, 0.15) is 0 Å². The highest BCUT2D eigenvalue weighted by atomic mass is 16.5. The van der Waals surface area contributed by atoms with Crippen LogP contribution in [0.5, 0.6) is 0 Å². The normalized spacial score (nSPS) is 10.5. The average Bonchev–Trinajstić information content (AvgIpc) is 2.85. The van der Waals surface area contributed by atoms with Crippen LogP contribution in [-0.4, -0.2) is 23.1 Å². The molecule has 0 saturated carbocycles. The van der Waals surface area contributed by atoms with Gasteiger partial charge < -0.3 is 14.6 Å². The highest BCUT2D eigenvalue weighted by molar-refractivity contribution is 6.02. The molecule has 1 heterocycles. The van der Waals surface area contributed by atoms with Gasteiger partial charge in [-0.25, -0.2) is 4.79 Å². The molecule has 0 unspecified atom stereocenters.